The van der Waals surface area contributed by atoms with Crippen molar-refractivity contribution in [2.24, 2.45) is 41.2 Å². The molecule has 176 valence electrons. The first-order chi connectivity index (χ1) is 14.9. The zero-order valence-corrected chi connectivity index (χ0v) is 21.6. The molecule has 2 N–H and O–H groups in total. The van der Waals surface area contributed by atoms with Gasteiger partial charge in [-0.3, -0.25) is 0 Å². The molecule has 8 bridgehead atoms. The quantitative estimate of drug-likeness (QED) is 0.417. The van der Waals surface area contributed by atoms with Crippen LogP contribution in [-0.4, -0.2) is 40.1 Å². The average molecular weight is 445 g/mol. The SMILES string of the molecule is CCN(CC)CC(N)(CC)P(C12CC3CC(CC(C3)C1)C2)C12CC3CC(CC(C3)C1)C2. The molecule has 0 amide bonds. The maximum Gasteiger partial charge on any atom is 0.0491 e. The number of nitrogens with zero attached hydrogens (tertiary/aromatic N) is 1. The van der Waals surface area contributed by atoms with E-state index < -0.39 is 0 Å². The second kappa shape index (κ2) is 7.68. The molecule has 0 aromatic carbocycles. The van der Waals surface area contributed by atoms with Crippen LogP contribution < -0.4 is 5.73 Å². The van der Waals surface area contributed by atoms with Gasteiger partial charge >= 0.3 is 0 Å². The zero-order chi connectivity index (χ0) is 21.4. The summed E-state index contributed by atoms with van der Waals surface area (Å²) in [6, 6.07) is 0. The Morgan fingerprint density at radius 3 is 1.26 bits per heavy atom. The standard InChI is InChI=1S/C28H49N2P/c1-4-28(29,19-30(5-2)6-3)31(26-13-20-7-21(14-26)9-22(8-20)15-26)27-16-23-10-24(17-27)12-25(11-23)18-27/h20-25H,4-19,29H2,1-3H3. The van der Waals surface area contributed by atoms with E-state index in [1.807, 2.05) is 0 Å². The van der Waals surface area contributed by atoms with Crippen LogP contribution in [-0.2, 0) is 0 Å². The zero-order valence-electron chi connectivity index (χ0n) is 20.7. The van der Waals surface area contributed by atoms with Crippen LogP contribution in [0.5, 0.6) is 0 Å². The van der Waals surface area contributed by atoms with Gasteiger partial charge in [0.15, 0.2) is 0 Å². The molecule has 0 heterocycles. The van der Waals surface area contributed by atoms with E-state index in [1.54, 1.807) is 77.0 Å². The van der Waals surface area contributed by atoms with Gasteiger partial charge < -0.3 is 10.6 Å². The third kappa shape index (κ3) is 3.43. The second-order valence-electron chi connectivity index (χ2n) is 13.5. The van der Waals surface area contributed by atoms with Gasteiger partial charge in [-0.25, -0.2) is 0 Å². The molecule has 0 spiro atoms. The van der Waals surface area contributed by atoms with Crippen LogP contribution in [0.4, 0.5) is 0 Å². The van der Waals surface area contributed by atoms with Crippen molar-refractivity contribution in [1.82, 2.24) is 4.90 Å². The molecular weight excluding hydrogens is 395 g/mol. The molecule has 8 aliphatic carbocycles. The average Bonchev–Trinajstić information content (AvgIpc) is 2.69. The van der Waals surface area contributed by atoms with E-state index >= 15 is 0 Å². The number of likely N-dealkylation sites (N-methyl/N-ethyl adjacent to an activating group) is 1. The Hall–Kier alpha value is 0.350. The number of hydrogen-bond donors (Lipinski definition) is 1. The predicted octanol–water partition coefficient (Wildman–Crippen LogP) is 6.81. The van der Waals surface area contributed by atoms with Crippen LogP contribution in [0.3, 0.4) is 0 Å². The van der Waals surface area contributed by atoms with Crippen LogP contribution in [0.1, 0.15) is 104 Å². The summed E-state index contributed by atoms with van der Waals surface area (Å²) in [7, 11) is -0.162. The minimum absolute atomic E-state index is 0.0681. The van der Waals surface area contributed by atoms with Crippen LogP contribution in [0.25, 0.3) is 0 Å². The Kier molecular flexibility index (Phi) is 5.41. The van der Waals surface area contributed by atoms with E-state index in [0.29, 0.717) is 10.3 Å². The molecule has 8 saturated carbocycles. The second-order valence-corrected chi connectivity index (χ2v) is 17.0. The first kappa shape index (κ1) is 21.9. The van der Waals surface area contributed by atoms with E-state index in [9.17, 15) is 0 Å². The minimum Gasteiger partial charge on any atom is -0.320 e. The molecule has 8 aliphatic rings. The normalized spacial score (nSPS) is 50.2. The summed E-state index contributed by atoms with van der Waals surface area (Å²) in [6.45, 7) is 10.7. The fourth-order valence-electron chi connectivity index (χ4n) is 11.3. The molecular formula is C28H49N2P. The monoisotopic (exact) mass is 444 g/mol. The minimum atomic E-state index is -0.162. The lowest BCUT2D eigenvalue weighted by Gasteiger charge is -2.70. The van der Waals surface area contributed by atoms with Gasteiger partial charge in [0.1, 0.15) is 0 Å². The van der Waals surface area contributed by atoms with Gasteiger partial charge in [0.05, 0.1) is 0 Å². The maximum atomic E-state index is 7.82. The van der Waals surface area contributed by atoms with E-state index in [2.05, 4.69) is 25.7 Å². The Labute approximate surface area is 193 Å². The molecule has 0 aromatic rings. The fraction of sp³-hybridized carbons (Fsp3) is 1.00. The molecule has 3 heteroatoms. The van der Waals surface area contributed by atoms with Crippen molar-refractivity contribution in [2.45, 2.75) is 120 Å². The summed E-state index contributed by atoms with van der Waals surface area (Å²) in [6.07, 6.45) is 20.1. The van der Waals surface area contributed by atoms with Crippen molar-refractivity contribution in [3.63, 3.8) is 0 Å². The molecule has 0 aromatic heterocycles. The Morgan fingerprint density at radius 2 is 1.00 bits per heavy atom. The summed E-state index contributed by atoms with van der Waals surface area (Å²) < 4.78 is 0. The maximum absolute atomic E-state index is 7.82. The number of hydrogen-bond acceptors (Lipinski definition) is 2. The van der Waals surface area contributed by atoms with Crippen molar-refractivity contribution in [1.29, 1.82) is 0 Å². The summed E-state index contributed by atoms with van der Waals surface area (Å²) >= 11 is 0. The topological polar surface area (TPSA) is 29.3 Å². The molecule has 0 radical (unpaired) electrons. The lowest BCUT2D eigenvalue weighted by molar-refractivity contribution is 0.0160. The third-order valence-electron chi connectivity index (χ3n) is 11.4. The van der Waals surface area contributed by atoms with Gasteiger partial charge in [-0.05, 0) is 142 Å². The first-order valence-electron chi connectivity index (χ1n) is 14.2. The van der Waals surface area contributed by atoms with Crippen LogP contribution in [0.15, 0.2) is 0 Å². The Balaban J connectivity index is 1.44. The van der Waals surface area contributed by atoms with E-state index in [0.717, 1.165) is 35.5 Å². The van der Waals surface area contributed by atoms with Crippen molar-refractivity contribution < 1.29 is 0 Å². The predicted molar refractivity (Wildman–Crippen MR) is 134 cm³/mol. The smallest absolute Gasteiger partial charge is 0.0491 e. The molecule has 8 fully saturated rings. The van der Waals surface area contributed by atoms with Gasteiger partial charge in [0, 0.05) is 11.8 Å². The van der Waals surface area contributed by atoms with E-state index in [4.69, 9.17) is 5.73 Å². The number of nitrogens with two attached hydrogens (primary N) is 1. The van der Waals surface area contributed by atoms with Gasteiger partial charge in [0.2, 0.25) is 0 Å². The summed E-state index contributed by atoms with van der Waals surface area (Å²) in [4.78, 5) is 2.69. The lowest BCUT2D eigenvalue weighted by Crippen LogP contribution is -2.63. The van der Waals surface area contributed by atoms with Crippen molar-refractivity contribution in [3.8, 4) is 0 Å². The first-order valence-corrected chi connectivity index (χ1v) is 15.5. The van der Waals surface area contributed by atoms with E-state index in [-0.39, 0.29) is 13.2 Å². The molecule has 8 rings (SSSR count). The van der Waals surface area contributed by atoms with Gasteiger partial charge in [-0.15, -0.1) is 0 Å². The van der Waals surface area contributed by atoms with Crippen molar-refractivity contribution in [2.75, 3.05) is 19.6 Å². The molecule has 0 saturated heterocycles. The largest absolute Gasteiger partial charge is 0.320 e. The molecule has 1 atom stereocenters. The van der Waals surface area contributed by atoms with E-state index in [1.165, 1.54) is 26.1 Å². The lowest BCUT2D eigenvalue weighted by atomic mass is 9.55. The Bertz CT molecular complexity index is 570. The molecule has 2 nitrogen and oxygen atoms in total. The highest BCUT2D eigenvalue weighted by molar-refractivity contribution is 7.62. The fourth-order valence-corrected chi connectivity index (χ4v) is 17.5. The molecule has 31 heavy (non-hydrogen) atoms. The van der Waals surface area contributed by atoms with Gasteiger partial charge in [0.25, 0.3) is 0 Å². The van der Waals surface area contributed by atoms with Crippen LogP contribution in [0.2, 0.25) is 0 Å². The van der Waals surface area contributed by atoms with Crippen molar-refractivity contribution >= 4 is 7.92 Å². The molecule has 0 aliphatic heterocycles. The highest BCUT2D eigenvalue weighted by Crippen LogP contribution is 2.82. The highest BCUT2D eigenvalue weighted by atomic mass is 31.1. The highest BCUT2D eigenvalue weighted by Gasteiger charge is 2.66. The number of rotatable bonds is 8. The summed E-state index contributed by atoms with van der Waals surface area (Å²) in [5, 5.41) is 1.36. The van der Waals surface area contributed by atoms with Crippen LogP contribution >= 0.6 is 7.92 Å². The summed E-state index contributed by atoms with van der Waals surface area (Å²) in [5.74, 6) is 6.33. The molecule has 1 unspecified atom stereocenters. The Morgan fingerprint density at radius 1 is 0.677 bits per heavy atom. The summed E-state index contributed by atoms with van der Waals surface area (Å²) in [5.41, 5.74) is 7.82. The van der Waals surface area contributed by atoms with Crippen molar-refractivity contribution in [3.05, 3.63) is 0 Å². The third-order valence-corrected chi connectivity index (χ3v) is 15.8. The van der Waals surface area contributed by atoms with Gasteiger partial charge in [-0.1, -0.05) is 28.7 Å². The van der Waals surface area contributed by atoms with Crippen LogP contribution in [0, 0.1) is 35.5 Å². The van der Waals surface area contributed by atoms with Gasteiger partial charge in [-0.2, -0.15) is 0 Å².